The Labute approximate surface area is 318 Å². The molecule has 0 fully saturated rings. The zero-order chi connectivity index (χ0) is 36.2. The summed E-state index contributed by atoms with van der Waals surface area (Å²) in [6.45, 7) is 2.17. The Balaban J connectivity index is 0. The first-order chi connectivity index (χ1) is 21.7. The van der Waals surface area contributed by atoms with Crippen LogP contribution in [0.25, 0.3) is 0 Å². The average molecular weight is 977 g/mol. The zero-order valence-electron chi connectivity index (χ0n) is 25.7. The Hall–Kier alpha value is -2.88. The van der Waals surface area contributed by atoms with Gasteiger partial charge in [0.05, 0.1) is 9.79 Å². The summed E-state index contributed by atoms with van der Waals surface area (Å²) in [4.78, 5) is 18.4. The van der Waals surface area contributed by atoms with E-state index in [1.165, 1.54) is 30.5 Å². The molecule has 4 N–H and O–H groups in total. The number of phenolic OH excluding ortho intramolecular Hbond substituents is 1. The largest absolute Gasteiger partial charge is 0.569 e. The molecule has 264 valence electrons. The van der Waals surface area contributed by atoms with Crippen molar-refractivity contribution in [1.29, 1.82) is 0 Å². The number of carbonyl (C=O) groups is 2. The Morgan fingerprint density at radius 1 is 0.646 bits per heavy atom. The summed E-state index contributed by atoms with van der Waals surface area (Å²) >= 11 is 4.34. The van der Waals surface area contributed by atoms with Gasteiger partial charge in [-0.25, -0.2) is 16.8 Å². The predicted molar refractivity (Wildman–Crippen MR) is 194 cm³/mol. The third-order valence-electron chi connectivity index (χ3n) is 4.50. The molecule has 4 rings (SSSR count). The van der Waals surface area contributed by atoms with Crippen molar-refractivity contribution >= 4 is 84.5 Å². The maximum Gasteiger partial charge on any atom is 0.569 e. The Kier molecular flexibility index (Phi) is 23.9. The minimum Gasteiger partial charge on any atom is -0.537 e. The van der Waals surface area contributed by atoms with Crippen molar-refractivity contribution in [3.05, 3.63) is 104 Å². The van der Waals surface area contributed by atoms with Crippen molar-refractivity contribution in [3.63, 3.8) is 0 Å². The fourth-order valence-electron chi connectivity index (χ4n) is 2.75. The predicted octanol–water partition coefficient (Wildman–Crippen LogP) is 5.66. The van der Waals surface area contributed by atoms with Crippen molar-refractivity contribution in [2.45, 2.75) is 23.6 Å². The quantitative estimate of drug-likeness (QED) is 0.137. The van der Waals surface area contributed by atoms with Crippen molar-refractivity contribution < 1.29 is 73.2 Å². The van der Waals surface area contributed by atoms with E-state index in [9.17, 15) is 16.8 Å². The smallest absolute Gasteiger partial charge is 0.537 e. The SMILES string of the molecule is CC(=O)O.CC(=O)O.CS(=O)(=O)c1cccc(O[B]O)c1.CS(=O)(=O)c1cccc(Oc2cccc(I)c2)c1.Oc1cccc(I)c1.[Cu]. The number of benzene rings is 4. The molecule has 0 amide bonds. The van der Waals surface area contributed by atoms with Crippen LogP contribution in [-0.4, -0.2) is 69.3 Å². The van der Waals surface area contributed by atoms with Crippen LogP contribution in [0.1, 0.15) is 13.8 Å². The molecule has 4 aromatic carbocycles. The number of rotatable bonds is 6. The van der Waals surface area contributed by atoms with Crippen LogP contribution in [0.15, 0.2) is 107 Å². The fourth-order valence-corrected chi connectivity index (χ4v) is 5.10. The number of aliphatic carboxylic acids is 2. The van der Waals surface area contributed by atoms with E-state index in [4.69, 9.17) is 34.7 Å². The Morgan fingerprint density at radius 3 is 1.35 bits per heavy atom. The summed E-state index contributed by atoms with van der Waals surface area (Å²) in [5.41, 5.74) is 0. The van der Waals surface area contributed by atoms with Gasteiger partial charge in [0.25, 0.3) is 11.9 Å². The number of halogens is 2. The first-order valence-corrected chi connectivity index (χ1v) is 18.7. The molecule has 0 bridgehead atoms. The number of hydrogen-bond acceptors (Lipinski definition) is 10. The van der Waals surface area contributed by atoms with E-state index in [1.54, 1.807) is 36.4 Å². The monoisotopic (exact) mass is 976 g/mol. The molecule has 0 saturated carbocycles. The van der Waals surface area contributed by atoms with E-state index in [0.717, 1.165) is 27.2 Å². The third-order valence-corrected chi connectivity index (χ3v) is 8.06. The van der Waals surface area contributed by atoms with Gasteiger partial charge in [-0.05, 0) is 118 Å². The van der Waals surface area contributed by atoms with Crippen LogP contribution < -0.4 is 9.39 Å². The summed E-state index contributed by atoms with van der Waals surface area (Å²) in [5, 5.41) is 32.0. The fraction of sp³-hybridized carbons (Fsp3) is 0.133. The van der Waals surface area contributed by atoms with Crippen LogP contribution in [0.3, 0.4) is 0 Å². The van der Waals surface area contributed by atoms with Crippen molar-refractivity contribution in [3.8, 4) is 23.0 Å². The molecule has 0 spiro atoms. The van der Waals surface area contributed by atoms with E-state index < -0.39 is 31.6 Å². The molecule has 4 aromatic rings. The molecule has 0 aliphatic heterocycles. The molecule has 0 atom stereocenters. The van der Waals surface area contributed by atoms with Crippen LogP contribution in [0, 0.1) is 7.14 Å². The summed E-state index contributed by atoms with van der Waals surface area (Å²) in [5.74, 6) is 0.148. The van der Waals surface area contributed by atoms with Crippen LogP contribution in [0.2, 0.25) is 0 Å². The van der Waals surface area contributed by atoms with Crippen molar-refractivity contribution in [2.75, 3.05) is 12.5 Å². The van der Waals surface area contributed by atoms with E-state index in [1.807, 2.05) is 36.4 Å². The van der Waals surface area contributed by atoms with E-state index >= 15 is 0 Å². The second kappa shape index (κ2) is 24.3. The number of carboxylic acids is 2. The van der Waals surface area contributed by atoms with E-state index in [0.29, 0.717) is 24.9 Å². The van der Waals surface area contributed by atoms with Gasteiger partial charge in [-0.3, -0.25) is 9.59 Å². The molecule has 2 radical (unpaired) electrons. The molecule has 0 aliphatic rings. The van der Waals surface area contributed by atoms with Gasteiger partial charge in [-0.1, -0.05) is 24.3 Å². The van der Waals surface area contributed by atoms with Gasteiger partial charge in [-0.2, -0.15) is 0 Å². The zero-order valence-corrected chi connectivity index (χ0v) is 32.6. The van der Waals surface area contributed by atoms with Gasteiger partial charge in [0.1, 0.15) is 23.0 Å². The average Bonchev–Trinajstić information content (AvgIpc) is 2.93. The summed E-state index contributed by atoms with van der Waals surface area (Å²) in [6.07, 6.45) is 2.28. The molecular weight excluding hydrogens is 945 g/mol. The Bertz CT molecular complexity index is 1770. The number of hydrogen-bond donors (Lipinski definition) is 4. The molecule has 12 nitrogen and oxygen atoms in total. The molecule has 0 aliphatic carbocycles. The Morgan fingerprint density at radius 2 is 1.00 bits per heavy atom. The molecule has 0 unspecified atom stereocenters. The topological polar surface area (TPSA) is 202 Å². The maximum atomic E-state index is 11.4. The molecular formula is C30H32BCuI2O12S2. The second-order valence-corrected chi connectivity index (χ2v) is 15.3. The van der Waals surface area contributed by atoms with Crippen molar-refractivity contribution in [2.24, 2.45) is 0 Å². The minimum absolute atomic E-state index is 0. The third kappa shape index (κ3) is 24.3. The standard InChI is InChI=1S/C13H11IO3S.C7H8BO4S.C6H5IO.2C2H4O2.Cu/c1-18(15,16)13-7-3-6-12(9-13)17-11-5-2-4-10(14)8-11;1-13(10,11)7-4-2-3-6(5-7)12-8-9;7-5-2-1-3-6(8)4-5;2*1-2(3)4;/h2-9H,1H3;2-5,9H,1H3;1-4,8H;2*1H3,(H,3,4);. The first kappa shape index (κ1) is 47.2. The van der Waals surface area contributed by atoms with Crippen LogP contribution >= 0.6 is 45.2 Å². The van der Waals surface area contributed by atoms with Crippen LogP contribution in [0.4, 0.5) is 0 Å². The number of aromatic hydroxyl groups is 1. The van der Waals surface area contributed by atoms with Crippen molar-refractivity contribution in [1.82, 2.24) is 0 Å². The molecule has 0 aromatic heterocycles. The summed E-state index contributed by atoms with van der Waals surface area (Å²) in [6, 6.07) is 27.0. The van der Waals surface area contributed by atoms with Gasteiger partial charge in [0, 0.05) is 50.6 Å². The van der Waals surface area contributed by atoms with Gasteiger partial charge in [0.15, 0.2) is 19.7 Å². The van der Waals surface area contributed by atoms with Crippen LogP contribution in [-0.2, 0) is 46.3 Å². The molecule has 48 heavy (non-hydrogen) atoms. The van der Waals surface area contributed by atoms with Crippen LogP contribution in [0.5, 0.6) is 23.0 Å². The van der Waals surface area contributed by atoms with Gasteiger partial charge in [0.2, 0.25) is 0 Å². The number of ether oxygens (including phenoxy) is 1. The maximum absolute atomic E-state index is 11.4. The minimum atomic E-state index is -3.22. The van der Waals surface area contributed by atoms with E-state index in [2.05, 4.69) is 49.8 Å². The summed E-state index contributed by atoms with van der Waals surface area (Å²) in [7, 11) is -5.93. The van der Waals surface area contributed by atoms with Gasteiger partial charge >= 0.3 is 7.69 Å². The number of carboxylic acid groups (broad SMARTS) is 2. The first-order valence-electron chi connectivity index (χ1n) is 12.7. The van der Waals surface area contributed by atoms with Gasteiger partial charge in [-0.15, -0.1) is 0 Å². The van der Waals surface area contributed by atoms with Gasteiger partial charge < -0.3 is 29.7 Å². The number of phenols is 1. The second-order valence-electron chi connectivity index (χ2n) is 8.79. The molecule has 0 saturated heterocycles. The number of sulfone groups is 2. The molecule has 18 heteroatoms. The van der Waals surface area contributed by atoms with E-state index in [-0.39, 0.29) is 32.6 Å². The molecule has 0 heterocycles. The summed E-state index contributed by atoms with van der Waals surface area (Å²) < 4.78 is 57.3. The normalized spacial score (nSPS) is 9.73.